The Morgan fingerprint density at radius 2 is 1.58 bits per heavy atom. The van der Waals surface area contributed by atoms with Crippen LogP contribution in [0, 0.1) is 51.2 Å². The van der Waals surface area contributed by atoms with E-state index in [1.54, 1.807) is 19.1 Å². The van der Waals surface area contributed by atoms with Crippen molar-refractivity contribution in [1.82, 2.24) is 10.6 Å². The van der Waals surface area contributed by atoms with E-state index < -0.39 is 5.97 Å². The van der Waals surface area contributed by atoms with E-state index in [1.807, 2.05) is 12.1 Å². The van der Waals surface area contributed by atoms with Crippen molar-refractivity contribution in [2.24, 2.45) is 51.2 Å². The van der Waals surface area contributed by atoms with Crippen molar-refractivity contribution in [2.45, 2.75) is 125 Å². The van der Waals surface area contributed by atoms with Crippen LogP contribution >= 0.6 is 0 Å². The molecule has 0 spiro atoms. The molecule has 0 bridgehead atoms. The van der Waals surface area contributed by atoms with E-state index in [2.05, 4.69) is 64.8 Å². The van der Waals surface area contributed by atoms with Crippen molar-refractivity contribution in [3.8, 4) is 0 Å². The lowest BCUT2D eigenvalue weighted by atomic mass is 9.33. The van der Waals surface area contributed by atoms with E-state index in [1.165, 1.54) is 36.8 Å². The van der Waals surface area contributed by atoms with Gasteiger partial charge in [0.25, 0.3) is 0 Å². The molecular formula is C42H60N2O4. The maximum atomic E-state index is 13.4. The number of carbonyl (C=O) groups excluding carboxylic acids is 2. The molecule has 1 aromatic rings. The number of carboxylic acid groups (broad SMARTS) is 1. The van der Waals surface area contributed by atoms with Gasteiger partial charge in [-0.25, -0.2) is 9.59 Å². The Hall–Kier alpha value is -2.89. The second-order valence-electron chi connectivity index (χ2n) is 18.0. The summed E-state index contributed by atoms with van der Waals surface area (Å²) in [4.78, 5) is 36.3. The Labute approximate surface area is 289 Å². The smallest absolute Gasteiger partial charge is 0.335 e. The zero-order valence-corrected chi connectivity index (χ0v) is 30.6. The highest BCUT2D eigenvalue weighted by Crippen LogP contribution is 2.76. The third-order valence-electron chi connectivity index (χ3n) is 15.4. The number of fused-ring (bicyclic) bond motifs is 7. The number of carboxylic acids is 1. The summed E-state index contributed by atoms with van der Waals surface area (Å²) in [6, 6.07) is 7.44. The number of benzene rings is 1. The molecule has 5 aliphatic carbocycles. The lowest BCUT2D eigenvalue weighted by Gasteiger charge is -2.72. The Bertz CT molecular complexity index is 1510. The number of amides is 2. The zero-order valence-electron chi connectivity index (χ0n) is 30.6. The van der Waals surface area contributed by atoms with Gasteiger partial charge in [0.1, 0.15) is 5.78 Å². The van der Waals surface area contributed by atoms with Crippen LogP contribution in [0.2, 0.25) is 0 Å². The number of rotatable bonds is 8. The average molecular weight is 657 g/mol. The number of nitrogens with one attached hydrogen (secondary N) is 2. The number of hydrogen-bond acceptors (Lipinski definition) is 3. The number of carbonyl (C=O) groups is 3. The SMILES string of the molecule is C=C(C)[C@@H]1CC[C@]2(NC(=O)NCCCC(C)=O)CC[C@]3(C)[C@H](CC[C@@H]4[C@@]5(C)CC=C(c6ccc(C(=O)O)cc6)C(C)(C)[C@@H]5CC[C@]43C)[C@@H]12. The fourth-order valence-electron chi connectivity index (χ4n) is 13.1. The monoisotopic (exact) mass is 656 g/mol. The molecule has 0 saturated heterocycles. The van der Waals surface area contributed by atoms with Crippen molar-refractivity contribution < 1.29 is 19.5 Å². The van der Waals surface area contributed by atoms with Crippen molar-refractivity contribution in [3.05, 3.63) is 53.6 Å². The van der Waals surface area contributed by atoms with Gasteiger partial charge in [-0.15, -0.1) is 0 Å². The molecule has 3 N–H and O–H groups in total. The normalized spacial score (nSPS) is 39.5. The molecule has 0 aromatic heterocycles. The number of urea groups is 1. The molecule has 1 aromatic carbocycles. The Balaban J connectivity index is 1.28. The summed E-state index contributed by atoms with van der Waals surface area (Å²) in [6.45, 7) is 21.6. The maximum Gasteiger partial charge on any atom is 0.335 e. The van der Waals surface area contributed by atoms with Gasteiger partial charge >= 0.3 is 12.0 Å². The molecule has 4 fully saturated rings. The highest BCUT2D eigenvalue weighted by atomic mass is 16.4. The first-order valence-corrected chi connectivity index (χ1v) is 18.8. The largest absolute Gasteiger partial charge is 0.478 e. The van der Waals surface area contributed by atoms with Crippen LogP contribution in [-0.4, -0.2) is 35.0 Å². The lowest BCUT2D eigenvalue weighted by molar-refractivity contribution is -0.218. The molecule has 0 aliphatic heterocycles. The molecule has 9 atom stereocenters. The molecule has 0 radical (unpaired) electrons. The van der Waals surface area contributed by atoms with Crippen LogP contribution in [-0.2, 0) is 4.79 Å². The van der Waals surface area contributed by atoms with E-state index in [9.17, 15) is 19.5 Å². The predicted molar refractivity (Wildman–Crippen MR) is 192 cm³/mol. The molecule has 5 aliphatic rings. The van der Waals surface area contributed by atoms with Crippen LogP contribution in [0.3, 0.4) is 0 Å². The molecule has 2 amide bonds. The highest BCUT2D eigenvalue weighted by molar-refractivity contribution is 5.88. The van der Waals surface area contributed by atoms with E-state index in [-0.39, 0.29) is 39.0 Å². The molecular weight excluding hydrogens is 596 g/mol. The predicted octanol–water partition coefficient (Wildman–Crippen LogP) is 9.46. The number of ketones is 1. The minimum atomic E-state index is -0.881. The Morgan fingerprint density at radius 3 is 2.23 bits per heavy atom. The van der Waals surface area contributed by atoms with Crippen molar-refractivity contribution >= 4 is 23.4 Å². The van der Waals surface area contributed by atoms with E-state index >= 15 is 0 Å². The van der Waals surface area contributed by atoms with Crippen LogP contribution in [0.5, 0.6) is 0 Å². The van der Waals surface area contributed by atoms with Gasteiger partial charge < -0.3 is 20.5 Å². The van der Waals surface area contributed by atoms with E-state index in [0.29, 0.717) is 54.5 Å². The summed E-state index contributed by atoms with van der Waals surface area (Å²) in [5.41, 5.74) is 4.47. The first kappa shape index (κ1) is 35.0. The summed E-state index contributed by atoms with van der Waals surface area (Å²) in [7, 11) is 0. The number of Topliss-reactive ketones (excluding diaryl/α,β-unsaturated/α-hetero) is 1. The average Bonchev–Trinajstić information content (AvgIpc) is 3.39. The van der Waals surface area contributed by atoms with Gasteiger partial charge in [-0.05, 0) is 153 Å². The van der Waals surface area contributed by atoms with Gasteiger partial charge in [0.2, 0.25) is 0 Å². The summed E-state index contributed by atoms with van der Waals surface area (Å²) < 4.78 is 0. The summed E-state index contributed by atoms with van der Waals surface area (Å²) in [6.07, 6.45) is 13.8. The minimum absolute atomic E-state index is 0.0171. The third-order valence-corrected chi connectivity index (χ3v) is 15.4. The van der Waals surface area contributed by atoms with Gasteiger partial charge in [-0.3, -0.25) is 0 Å². The third kappa shape index (κ3) is 5.30. The van der Waals surface area contributed by atoms with Crippen LogP contribution < -0.4 is 10.6 Å². The van der Waals surface area contributed by atoms with Gasteiger partial charge in [-0.2, -0.15) is 0 Å². The van der Waals surface area contributed by atoms with Crippen molar-refractivity contribution in [2.75, 3.05) is 6.54 Å². The van der Waals surface area contributed by atoms with Gasteiger partial charge in [0, 0.05) is 18.5 Å². The van der Waals surface area contributed by atoms with Gasteiger partial charge in [0.05, 0.1) is 5.56 Å². The molecule has 4 saturated carbocycles. The van der Waals surface area contributed by atoms with Gasteiger partial charge in [0.15, 0.2) is 0 Å². The molecule has 6 rings (SSSR count). The fraction of sp³-hybridized carbons (Fsp3) is 0.690. The summed E-state index contributed by atoms with van der Waals surface area (Å²) in [5.74, 6) is 1.79. The maximum absolute atomic E-state index is 13.4. The quantitative estimate of drug-likeness (QED) is 0.192. The lowest BCUT2D eigenvalue weighted by Crippen LogP contribution is -2.68. The summed E-state index contributed by atoms with van der Waals surface area (Å²) in [5, 5.41) is 16.1. The molecule has 262 valence electrons. The van der Waals surface area contributed by atoms with Gasteiger partial charge in [-0.1, -0.05) is 65.0 Å². The zero-order chi connectivity index (χ0) is 34.9. The molecule has 0 unspecified atom stereocenters. The molecule has 48 heavy (non-hydrogen) atoms. The Morgan fingerprint density at radius 1 is 0.875 bits per heavy atom. The van der Waals surface area contributed by atoms with E-state index in [0.717, 1.165) is 37.7 Å². The molecule has 6 heteroatoms. The fourth-order valence-corrected chi connectivity index (χ4v) is 13.1. The minimum Gasteiger partial charge on any atom is -0.478 e. The first-order chi connectivity index (χ1) is 22.5. The Kier molecular flexibility index (Phi) is 8.85. The first-order valence-electron chi connectivity index (χ1n) is 18.8. The van der Waals surface area contributed by atoms with E-state index in [4.69, 9.17) is 0 Å². The van der Waals surface area contributed by atoms with Crippen molar-refractivity contribution in [1.29, 1.82) is 0 Å². The molecule has 6 nitrogen and oxygen atoms in total. The standard InChI is InChI=1S/C42H60N2O4/c1-26(2)30-17-22-42(44-37(48)43-25-9-10-27(3)45)24-23-40(7)32(35(30)42)15-16-34-39(6)20-18-31(28-11-13-29(14-12-28)36(46)47)38(4,5)33(39)19-21-41(34,40)8/h11-14,18,30,32-35H,1,9-10,15-17,19-25H2,2-8H3,(H,46,47)(H2,43,44,48)/t30-,32+,33-,34+,35+,39-,40+,41+,42-/m0/s1. The number of allylic oxidation sites excluding steroid dienone is 3. The second-order valence-corrected chi connectivity index (χ2v) is 18.0. The van der Waals surface area contributed by atoms with Crippen LogP contribution in [0.4, 0.5) is 4.79 Å². The second kappa shape index (κ2) is 12.2. The number of hydrogen-bond donors (Lipinski definition) is 3. The van der Waals surface area contributed by atoms with Crippen LogP contribution in [0.25, 0.3) is 5.57 Å². The highest BCUT2D eigenvalue weighted by Gasteiger charge is 2.70. The van der Waals surface area contributed by atoms with Crippen molar-refractivity contribution in [3.63, 3.8) is 0 Å². The van der Waals surface area contributed by atoms with Crippen LogP contribution in [0.1, 0.15) is 135 Å². The molecule has 0 heterocycles. The van der Waals surface area contributed by atoms with Crippen LogP contribution in [0.15, 0.2) is 42.5 Å². The number of aromatic carboxylic acids is 1. The summed E-state index contributed by atoms with van der Waals surface area (Å²) >= 11 is 0. The topological polar surface area (TPSA) is 95.5 Å².